The van der Waals surface area contributed by atoms with Crippen LogP contribution in [0, 0.1) is 0 Å². The van der Waals surface area contributed by atoms with Crippen molar-refractivity contribution in [2.24, 2.45) is 0 Å². The fourth-order valence-corrected chi connectivity index (χ4v) is 0.703. The van der Waals surface area contributed by atoms with Crippen LogP contribution in [0.3, 0.4) is 0 Å². The molecule has 0 aliphatic heterocycles. The number of halogens is 3. The van der Waals surface area contributed by atoms with Crippen LogP contribution in [0.25, 0.3) is 0 Å². The van der Waals surface area contributed by atoms with Gasteiger partial charge in [0.1, 0.15) is 0 Å². The molecule has 0 saturated heterocycles. The van der Waals surface area contributed by atoms with Crippen LogP contribution in [0.5, 0.6) is 0 Å². The van der Waals surface area contributed by atoms with Gasteiger partial charge in [-0.1, -0.05) is 47.8 Å². The van der Waals surface area contributed by atoms with E-state index in [0.717, 1.165) is 6.61 Å². The molecule has 0 radical (unpaired) electrons. The Hall–Kier alpha value is 1.40. The zero-order chi connectivity index (χ0) is 6.62. The minimum atomic E-state index is -0.233. The maximum absolute atomic E-state index is 5.06. The first-order valence-electron chi connectivity index (χ1n) is 2.20. The van der Waals surface area contributed by atoms with Gasteiger partial charge in [-0.25, -0.2) is 0 Å². The van der Waals surface area contributed by atoms with Crippen molar-refractivity contribution in [1.29, 1.82) is 0 Å². The molecule has 0 amide bonds. The van der Waals surface area contributed by atoms with Gasteiger partial charge in [-0.15, -0.1) is 0 Å². The van der Waals surface area contributed by atoms with Gasteiger partial charge in [-0.2, -0.15) is 0 Å². The normalized spacial score (nSPS) is 12.0. The van der Waals surface area contributed by atoms with Gasteiger partial charge >= 0.3 is 0 Å². The average Bonchev–Trinajstić information content (AvgIpc) is 1.59. The van der Waals surface area contributed by atoms with E-state index < -0.39 is 0 Å². The molecule has 4 heteroatoms. The van der Waals surface area contributed by atoms with Crippen molar-refractivity contribution in [3.8, 4) is 0 Å². The third-order valence-electron chi connectivity index (χ3n) is 0.470. The van der Waals surface area contributed by atoms with Crippen molar-refractivity contribution >= 4 is 47.8 Å². The zero-order valence-corrected chi connectivity index (χ0v) is 9.21. The van der Waals surface area contributed by atoms with Gasteiger partial charge in [0.2, 0.25) is 0 Å². The Kier molecular flexibility index (Phi) is 5.00. The van der Waals surface area contributed by atoms with Gasteiger partial charge in [0.25, 0.3) is 0 Å². The Morgan fingerprint density at radius 2 is 1.88 bits per heavy atom. The van der Waals surface area contributed by atoms with E-state index in [1.165, 1.54) is 0 Å². The van der Waals surface area contributed by atoms with E-state index >= 15 is 0 Å². The molecule has 0 aromatic heterocycles. The highest BCUT2D eigenvalue weighted by Gasteiger charge is 2.16. The lowest BCUT2D eigenvalue weighted by Gasteiger charge is -2.09. The Labute approximate surface area is 74.6 Å². The molecule has 0 aliphatic carbocycles. The summed E-state index contributed by atoms with van der Waals surface area (Å²) in [4.78, 5) is 0. The third kappa shape index (κ3) is 7.40. The van der Waals surface area contributed by atoms with Crippen LogP contribution in [0.2, 0.25) is 0 Å². The van der Waals surface area contributed by atoms with Crippen molar-refractivity contribution in [3.05, 3.63) is 0 Å². The molecule has 0 atom stereocenters. The fraction of sp³-hybridized carbons (Fsp3) is 1.00. The van der Waals surface area contributed by atoms with E-state index in [4.69, 9.17) is 4.74 Å². The molecule has 0 bridgehead atoms. The highest BCUT2D eigenvalue weighted by Crippen LogP contribution is 2.33. The topological polar surface area (TPSA) is 9.23 Å². The first-order chi connectivity index (χ1) is 3.56. The van der Waals surface area contributed by atoms with Gasteiger partial charge in [0.05, 0.1) is 6.61 Å². The molecule has 0 unspecified atom stereocenters. The number of hydrogen-bond acceptors (Lipinski definition) is 1. The predicted molar refractivity (Wildman–Crippen MR) is 46.0 cm³/mol. The summed E-state index contributed by atoms with van der Waals surface area (Å²) in [7, 11) is 0. The van der Waals surface area contributed by atoms with Crippen LogP contribution in [0.4, 0.5) is 0 Å². The van der Waals surface area contributed by atoms with Crippen LogP contribution in [0.15, 0.2) is 0 Å². The summed E-state index contributed by atoms with van der Waals surface area (Å²) in [5, 5.41) is 0. The number of alkyl halides is 3. The second kappa shape index (κ2) is 4.25. The smallest absolute Gasteiger partial charge is 0.158 e. The fourth-order valence-electron chi connectivity index (χ4n) is 0.218. The zero-order valence-electron chi connectivity index (χ0n) is 4.46. The minimum absolute atomic E-state index is 0.233. The highest BCUT2D eigenvalue weighted by atomic mass is 80.0. The van der Waals surface area contributed by atoms with E-state index in [9.17, 15) is 0 Å². The molecule has 0 aliphatic rings. The lowest BCUT2D eigenvalue weighted by Crippen LogP contribution is -2.10. The molecule has 0 aromatic rings. The van der Waals surface area contributed by atoms with Gasteiger partial charge in [0, 0.05) is 6.61 Å². The molecular weight excluding hydrogens is 304 g/mol. The largest absolute Gasteiger partial charge is 0.378 e. The number of ether oxygens (including phenoxy) is 1. The summed E-state index contributed by atoms with van der Waals surface area (Å²) >= 11 is 9.86. The standard InChI is InChI=1S/C4H7Br3O/c1-2-8-3-4(5,6)7/h2-3H2,1H3. The van der Waals surface area contributed by atoms with Crippen molar-refractivity contribution < 1.29 is 4.74 Å². The maximum atomic E-state index is 5.06. The van der Waals surface area contributed by atoms with E-state index in [1.54, 1.807) is 0 Å². The quantitative estimate of drug-likeness (QED) is 0.713. The molecule has 0 heterocycles. The second-order valence-corrected chi connectivity index (χ2v) is 8.51. The number of rotatable bonds is 2. The van der Waals surface area contributed by atoms with E-state index in [1.807, 2.05) is 6.92 Å². The van der Waals surface area contributed by atoms with Crippen molar-refractivity contribution in [2.45, 2.75) is 9.07 Å². The summed E-state index contributed by atoms with van der Waals surface area (Å²) in [5.74, 6) is 0. The van der Waals surface area contributed by atoms with Gasteiger partial charge in [-0.05, 0) is 6.92 Å². The molecule has 0 spiro atoms. The first kappa shape index (κ1) is 9.40. The molecule has 0 fully saturated rings. The Morgan fingerprint density at radius 3 is 2.00 bits per heavy atom. The summed E-state index contributed by atoms with van der Waals surface area (Å²) in [6.07, 6.45) is 0. The molecule has 0 rings (SSSR count). The summed E-state index contributed by atoms with van der Waals surface area (Å²) in [6.45, 7) is 3.31. The maximum Gasteiger partial charge on any atom is 0.158 e. The summed E-state index contributed by atoms with van der Waals surface area (Å²) in [6, 6.07) is 0. The minimum Gasteiger partial charge on any atom is -0.378 e. The molecule has 8 heavy (non-hydrogen) atoms. The van der Waals surface area contributed by atoms with Gasteiger partial charge < -0.3 is 4.74 Å². The van der Waals surface area contributed by atoms with Crippen molar-refractivity contribution in [3.63, 3.8) is 0 Å². The molecular formula is C4H7Br3O. The molecule has 0 aromatic carbocycles. The molecule has 0 N–H and O–H groups in total. The molecule has 0 saturated carbocycles. The Balaban J connectivity index is 3.11. The highest BCUT2D eigenvalue weighted by molar-refractivity contribution is 9.39. The molecule has 1 nitrogen and oxygen atoms in total. The predicted octanol–water partition coefficient (Wildman–Crippen LogP) is 2.86. The molecule has 50 valence electrons. The van der Waals surface area contributed by atoms with Crippen LogP contribution >= 0.6 is 47.8 Å². The van der Waals surface area contributed by atoms with Crippen LogP contribution in [-0.2, 0) is 4.74 Å². The lowest BCUT2D eigenvalue weighted by molar-refractivity contribution is 0.159. The Bertz CT molecular complexity index is 58.8. The van der Waals surface area contributed by atoms with Gasteiger partial charge in [-0.3, -0.25) is 0 Å². The van der Waals surface area contributed by atoms with Crippen LogP contribution < -0.4 is 0 Å². The van der Waals surface area contributed by atoms with Crippen LogP contribution in [-0.4, -0.2) is 15.4 Å². The van der Waals surface area contributed by atoms with Crippen molar-refractivity contribution in [1.82, 2.24) is 0 Å². The monoisotopic (exact) mass is 308 g/mol. The second-order valence-electron chi connectivity index (χ2n) is 1.25. The SMILES string of the molecule is CCOCC(Br)(Br)Br. The van der Waals surface area contributed by atoms with Gasteiger partial charge in [0.15, 0.2) is 2.14 Å². The van der Waals surface area contributed by atoms with Crippen LogP contribution in [0.1, 0.15) is 6.92 Å². The number of hydrogen-bond donors (Lipinski definition) is 0. The van der Waals surface area contributed by atoms with E-state index in [-0.39, 0.29) is 2.14 Å². The lowest BCUT2D eigenvalue weighted by atomic mass is 10.8. The van der Waals surface area contributed by atoms with Crippen molar-refractivity contribution in [2.75, 3.05) is 13.2 Å². The summed E-state index contributed by atoms with van der Waals surface area (Å²) in [5.41, 5.74) is 0. The van der Waals surface area contributed by atoms with E-state index in [0.29, 0.717) is 6.61 Å². The summed E-state index contributed by atoms with van der Waals surface area (Å²) < 4.78 is 4.82. The average molecular weight is 311 g/mol. The Morgan fingerprint density at radius 1 is 1.38 bits per heavy atom. The third-order valence-corrected chi connectivity index (χ3v) is 1.16. The first-order valence-corrected chi connectivity index (χ1v) is 4.58. The van der Waals surface area contributed by atoms with E-state index in [2.05, 4.69) is 47.8 Å².